The smallest absolute Gasteiger partial charge is 0.0807 e. The summed E-state index contributed by atoms with van der Waals surface area (Å²) in [6, 6.07) is 2.88. The number of aliphatic hydroxyl groups excluding tert-OH is 1. The minimum atomic E-state index is -0.227. The fourth-order valence-corrected chi connectivity index (χ4v) is 3.62. The van der Waals surface area contributed by atoms with Gasteiger partial charge in [-0.2, -0.15) is 0 Å². The van der Waals surface area contributed by atoms with Crippen molar-refractivity contribution in [3.63, 3.8) is 0 Å². The van der Waals surface area contributed by atoms with Crippen molar-refractivity contribution in [3.05, 3.63) is 23.0 Å². The molecule has 2 atom stereocenters. The summed E-state index contributed by atoms with van der Waals surface area (Å²) in [6.45, 7) is 4.51. The van der Waals surface area contributed by atoms with E-state index in [1.165, 1.54) is 36.3 Å². The Bertz CT molecular complexity index is 438. The Balaban J connectivity index is 1.87. The number of hydrogen-bond acceptors (Lipinski definition) is 2. The summed E-state index contributed by atoms with van der Waals surface area (Å²) in [6.07, 6.45) is 5.60. The molecule has 0 spiro atoms. The van der Waals surface area contributed by atoms with Crippen LogP contribution in [0, 0.1) is 6.92 Å². The zero-order valence-corrected chi connectivity index (χ0v) is 11.5. The molecular weight excluding hydrogens is 224 g/mol. The highest BCUT2D eigenvalue weighted by Gasteiger charge is 2.26. The predicted octanol–water partition coefficient (Wildman–Crippen LogP) is 2.26. The quantitative estimate of drug-likeness (QED) is 0.869. The van der Waals surface area contributed by atoms with Crippen LogP contribution in [0.15, 0.2) is 6.07 Å². The summed E-state index contributed by atoms with van der Waals surface area (Å²) >= 11 is 0. The first-order chi connectivity index (χ1) is 8.66. The van der Waals surface area contributed by atoms with Crippen molar-refractivity contribution in [2.75, 3.05) is 13.6 Å². The van der Waals surface area contributed by atoms with Gasteiger partial charge in [0.05, 0.1) is 6.10 Å². The standard InChI is InChI=1S/C15H24N2O/c1-11-9-13-14(6-3-7-15(13)18)17(11)10-12-5-4-8-16(12)2/h9,12,15,18H,3-8,10H2,1-2H3. The molecule has 0 bridgehead atoms. The van der Waals surface area contributed by atoms with Crippen LogP contribution in [-0.4, -0.2) is 34.2 Å². The average molecular weight is 248 g/mol. The van der Waals surface area contributed by atoms with Crippen LogP contribution in [0.4, 0.5) is 0 Å². The predicted molar refractivity (Wildman–Crippen MR) is 72.7 cm³/mol. The molecule has 0 amide bonds. The van der Waals surface area contributed by atoms with Gasteiger partial charge in [-0.15, -0.1) is 0 Å². The van der Waals surface area contributed by atoms with Gasteiger partial charge < -0.3 is 14.6 Å². The Morgan fingerprint density at radius 3 is 2.89 bits per heavy atom. The topological polar surface area (TPSA) is 28.4 Å². The van der Waals surface area contributed by atoms with Gasteiger partial charge in [-0.1, -0.05) is 0 Å². The third kappa shape index (κ3) is 1.99. The SMILES string of the molecule is Cc1cc2c(n1CC1CCCN1C)CCCC2O. The molecule has 2 heterocycles. The number of nitrogens with zero attached hydrogens (tertiary/aromatic N) is 2. The molecule has 1 aromatic heterocycles. The maximum Gasteiger partial charge on any atom is 0.0807 e. The van der Waals surface area contributed by atoms with Crippen molar-refractivity contribution in [1.82, 2.24) is 9.47 Å². The summed E-state index contributed by atoms with van der Waals surface area (Å²) in [5.41, 5.74) is 3.91. The molecule has 0 saturated carbocycles. The van der Waals surface area contributed by atoms with Gasteiger partial charge in [0.2, 0.25) is 0 Å². The zero-order valence-electron chi connectivity index (χ0n) is 11.5. The molecule has 3 rings (SSSR count). The second kappa shape index (κ2) is 4.71. The normalized spacial score (nSPS) is 28.6. The Morgan fingerprint density at radius 2 is 2.17 bits per heavy atom. The molecule has 1 N–H and O–H groups in total. The van der Waals surface area contributed by atoms with Gasteiger partial charge in [0.1, 0.15) is 0 Å². The Labute approximate surface area is 109 Å². The highest BCUT2D eigenvalue weighted by atomic mass is 16.3. The number of aryl methyl sites for hydroxylation is 1. The molecular formula is C15H24N2O. The van der Waals surface area contributed by atoms with Crippen molar-refractivity contribution in [3.8, 4) is 0 Å². The molecule has 3 heteroatoms. The minimum absolute atomic E-state index is 0.227. The lowest BCUT2D eigenvalue weighted by atomic mass is 9.95. The van der Waals surface area contributed by atoms with Crippen LogP contribution in [0.5, 0.6) is 0 Å². The van der Waals surface area contributed by atoms with Crippen molar-refractivity contribution in [2.24, 2.45) is 0 Å². The Kier molecular flexibility index (Phi) is 3.20. The van der Waals surface area contributed by atoms with E-state index >= 15 is 0 Å². The van der Waals surface area contributed by atoms with E-state index in [1.807, 2.05) is 0 Å². The molecule has 0 aromatic carbocycles. The van der Waals surface area contributed by atoms with Crippen LogP contribution in [0.3, 0.4) is 0 Å². The highest BCUT2D eigenvalue weighted by molar-refractivity contribution is 5.31. The van der Waals surface area contributed by atoms with Crippen LogP contribution in [0.2, 0.25) is 0 Å². The van der Waals surface area contributed by atoms with Gasteiger partial charge >= 0.3 is 0 Å². The van der Waals surface area contributed by atoms with Gasteiger partial charge in [-0.05, 0) is 58.7 Å². The fourth-order valence-electron chi connectivity index (χ4n) is 3.62. The zero-order chi connectivity index (χ0) is 12.7. The number of hydrogen-bond donors (Lipinski definition) is 1. The molecule has 1 aromatic rings. The van der Waals surface area contributed by atoms with Crippen LogP contribution in [0.1, 0.15) is 48.7 Å². The van der Waals surface area contributed by atoms with Crippen LogP contribution in [-0.2, 0) is 13.0 Å². The molecule has 0 radical (unpaired) electrons. The first-order valence-corrected chi connectivity index (χ1v) is 7.24. The number of fused-ring (bicyclic) bond motifs is 1. The number of aromatic nitrogens is 1. The van der Waals surface area contributed by atoms with Crippen LogP contribution >= 0.6 is 0 Å². The molecule has 2 unspecified atom stereocenters. The van der Waals surface area contributed by atoms with E-state index in [2.05, 4.69) is 29.5 Å². The summed E-state index contributed by atoms with van der Waals surface area (Å²) in [7, 11) is 2.23. The van der Waals surface area contributed by atoms with Crippen LogP contribution in [0.25, 0.3) is 0 Å². The number of likely N-dealkylation sites (tertiary alicyclic amines) is 1. The van der Waals surface area contributed by atoms with Gasteiger partial charge in [0, 0.05) is 29.5 Å². The Hall–Kier alpha value is -0.800. The van der Waals surface area contributed by atoms with Crippen LogP contribution < -0.4 is 0 Å². The van der Waals surface area contributed by atoms with Gasteiger partial charge in [-0.25, -0.2) is 0 Å². The largest absolute Gasteiger partial charge is 0.388 e. The van der Waals surface area contributed by atoms with Gasteiger partial charge in [0.15, 0.2) is 0 Å². The van der Waals surface area contributed by atoms with E-state index in [4.69, 9.17) is 0 Å². The van der Waals surface area contributed by atoms with Gasteiger partial charge in [0.25, 0.3) is 0 Å². The molecule has 3 nitrogen and oxygen atoms in total. The molecule has 1 aliphatic heterocycles. The summed E-state index contributed by atoms with van der Waals surface area (Å²) in [4.78, 5) is 2.48. The monoisotopic (exact) mass is 248 g/mol. The second-order valence-corrected chi connectivity index (χ2v) is 5.98. The third-order valence-corrected chi connectivity index (χ3v) is 4.76. The van der Waals surface area contributed by atoms with E-state index in [1.54, 1.807) is 0 Å². The van der Waals surface area contributed by atoms with Crippen molar-refractivity contribution in [2.45, 2.75) is 57.7 Å². The Morgan fingerprint density at radius 1 is 1.33 bits per heavy atom. The second-order valence-electron chi connectivity index (χ2n) is 5.98. The molecule has 18 heavy (non-hydrogen) atoms. The van der Waals surface area contributed by atoms with Crippen molar-refractivity contribution >= 4 is 0 Å². The maximum absolute atomic E-state index is 10.1. The van der Waals surface area contributed by atoms with Gasteiger partial charge in [-0.3, -0.25) is 0 Å². The highest BCUT2D eigenvalue weighted by Crippen LogP contribution is 2.33. The van der Waals surface area contributed by atoms with E-state index in [0.29, 0.717) is 6.04 Å². The summed E-state index contributed by atoms with van der Waals surface area (Å²) < 4.78 is 2.46. The molecule has 2 aliphatic rings. The lowest BCUT2D eigenvalue weighted by Crippen LogP contribution is -2.30. The number of rotatable bonds is 2. The van der Waals surface area contributed by atoms with Crippen molar-refractivity contribution < 1.29 is 5.11 Å². The van der Waals surface area contributed by atoms with E-state index < -0.39 is 0 Å². The lowest BCUT2D eigenvalue weighted by molar-refractivity contribution is 0.155. The molecule has 1 saturated heterocycles. The number of aliphatic hydroxyl groups is 1. The minimum Gasteiger partial charge on any atom is -0.388 e. The van der Waals surface area contributed by atoms with E-state index in [-0.39, 0.29) is 6.10 Å². The van der Waals surface area contributed by atoms with E-state index in [0.717, 1.165) is 25.8 Å². The number of likely N-dealkylation sites (N-methyl/N-ethyl adjacent to an activating group) is 1. The molecule has 100 valence electrons. The van der Waals surface area contributed by atoms with Crippen molar-refractivity contribution in [1.29, 1.82) is 0 Å². The summed E-state index contributed by atoms with van der Waals surface area (Å²) in [5.74, 6) is 0. The fraction of sp³-hybridized carbons (Fsp3) is 0.733. The molecule has 1 fully saturated rings. The maximum atomic E-state index is 10.1. The first-order valence-electron chi connectivity index (χ1n) is 7.24. The first kappa shape index (κ1) is 12.2. The summed E-state index contributed by atoms with van der Waals surface area (Å²) in [5, 5.41) is 10.1. The van der Waals surface area contributed by atoms with E-state index in [9.17, 15) is 5.11 Å². The molecule has 1 aliphatic carbocycles. The average Bonchev–Trinajstić information content (AvgIpc) is 2.87. The lowest BCUT2D eigenvalue weighted by Gasteiger charge is -2.25. The third-order valence-electron chi connectivity index (χ3n) is 4.76.